The van der Waals surface area contributed by atoms with Gasteiger partial charge in [0.2, 0.25) is 10.2 Å². The first kappa shape index (κ1) is 16.6. The predicted octanol–water partition coefficient (Wildman–Crippen LogP) is 2.37. The highest BCUT2D eigenvalue weighted by molar-refractivity contribution is 7.92. The monoisotopic (exact) mass is 338 g/mol. The van der Waals surface area contributed by atoms with E-state index >= 15 is 0 Å². The van der Waals surface area contributed by atoms with Crippen molar-refractivity contribution in [2.45, 2.75) is 38.0 Å². The average Bonchev–Trinajstić information content (AvgIpc) is 2.92. The van der Waals surface area contributed by atoms with Crippen LogP contribution in [0.25, 0.3) is 0 Å². The fraction of sp³-hybridized carbons (Fsp3) is 0.333. The normalized spacial score (nSPS) is 11.4. The molecule has 7 heteroatoms. The summed E-state index contributed by atoms with van der Waals surface area (Å²) in [6.07, 6.45) is 0.676. The fourth-order valence-corrected chi connectivity index (χ4v) is 4.00. The van der Waals surface area contributed by atoms with Crippen LogP contribution in [0.4, 0.5) is 0 Å². The molecule has 0 spiro atoms. The van der Waals surface area contributed by atoms with Crippen LogP contribution in [0.15, 0.2) is 27.9 Å². The molecule has 0 aliphatic carbocycles. The zero-order chi connectivity index (χ0) is 16.3. The lowest BCUT2D eigenvalue weighted by molar-refractivity contribution is -0.118. The third-order valence-corrected chi connectivity index (χ3v) is 5.98. The minimum absolute atomic E-state index is 0.0202. The zero-order valence-corrected chi connectivity index (χ0v) is 14.3. The number of nitrogens with zero attached hydrogens (tertiary/aromatic N) is 1. The van der Waals surface area contributed by atoms with E-state index < -0.39 is 15.9 Å². The van der Waals surface area contributed by atoms with Crippen molar-refractivity contribution < 1.29 is 13.2 Å². The van der Waals surface area contributed by atoms with E-state index in [1.54, 1.807) is 5.38 Å². The van der Waals surface area contributed by atoms with Crippen molar-refractivity contribution in [1.82, 2.24) is 9.71 Å². The SMILES string of the molecule is CCc1csc(S(=O)(=O)NC(=O)Cc2ccc(C)c(C)c2)n1. The second-order valence-electron chi connectivity index (χ2n) is 5.08. The molecule has 5 nitrogen and oxygen atoms in total. The summed E-state index contributed by atoms with van der Waals surface area (Å²) in [5.41, 5.74) is 3.68. The molecule has 0 atom stereocenters. The molecule has 1 heterocycles. The molecule has 0 fully saturated rings. The molecule has 2 aromatic rings. The first-order chi connectivity index (χ1) is 10.3. The molecule has 1 aromatic heterocycles. The first-order valence-electron chi connectivity index (χ1n) is 6.88. The van der Waals surface area contributed by atoms with E-state index in [0.29, 0.717) is 12.1 Å². The van der Waals surface area contributed by atoms with Crippen LogP contribution in [0.1, 0.15) is 29.3 Å². The molecule has 1 aromatic carbocycles. The summed E-state index contributed by atoms with van der Waals surface area (Å²) in [5, 5.41) is 1.68. The van der Waals surface area contributed by atoms with Gasteiger partial charge in [0, 0.05) is 5.38 Å². The van der Waals surface area contributed by atoms with Crippen molar-refractivity contribution in [3.8, 4) is 0 Å². The summed E-state index contributed by atoms with van der Waals surface area (Å²) < 4.78 is 26.2. The van der Waals surface area contributed by atoms with Gasteiger partial charge in [-0.3, -0.25) is 4.79 Å². The number of benzene rings is 1. The Labute approximate surface area is 134 Å². The molecule has 0 aliphatic rings. The highest BCUT2D eigenvalue weighted by Crippen LogP contribution is 2.16. The predicted molar refractivity (Wildman–Crippen MR) is 86.4 cm³/mol. The number of carbonyl (C=O) groups is 1. The highest BCUT2D eigenvalue weighted by Gasteiger charge is 2.21. The lowest BCUT2D eigenvalue weighted by Crippen LogP contribution is -2.31. The van der Waals surface area contributed by atoms with E-state index in [-0.39, 0.29) is 10.8 Å². The van der Waals surface area contributed by atoms with Gasteiger partial charge in [0.25, 0.3) is 10.0 Å². The van der Waals surface area contributed by atoms with Crippen LogP contribution >= 0.6 is 11.3 Å². The second kappa shape index (κ2) is 6.58. The molecular weight excluding hydrogens is 320 g/mol. The molecule has 2 rings (SSSR count). The van der Waals surface area contributed by atoms with E-state index in [1.165, 1.54) is 0 Å². The summed E-state index contributed by atoms with van der Waals surface area (Å²) in [5.74, 6) is -0.559. The molecule has 0 radical (unpaired) electrons. The number of sulfonamides is 1. The smallest absolute Gasteiger partial charge is 0.274 e. The summed E-state index contributed by atoms with van der Waals surface area (Å²) in [6, 6.07) is 5.63. The van der Waals surface area contributed by atoms with E-state index in [0.717, 1.165) is 28.0 Å². The zero-order valence-electron chi connectivity index (χ0n) is 12.7. The molecule has 22 heavy (non-hydrogen) atoms. The number of amides is 1. The number of carbonyl (C=O) groups excluding carboxylic acids is 1. The minimum Gasteiger partial charge on any atom is -0.274 e. The molecule has 0 unspecified atom stereocenters. The van der Waals surface area contributed by atoms with Crippen LogP contribution < -0.4 is 4.72 Å². The van der Waals surface area contributed by atoms with Gasteiger partial charge in [-0.15, -0.1) is 11.3 Å². The number of rotatable bonds is 5. The van der Waals surface area contributed by atoms with Crippen LogP contribution in [0.3, 0.4) is 0 Å². The van der Waals surface area contributed by atoms with Crippen LogP contribution in [0.5, 0.6) is 0 Å². The Morgan fingerprint density at radius 1 is 1.27 bits per heavy atom. The van der Waals surface area contributed by atoms with Crippen molar-refractivity contribution in [2.24, 2.45) is 0 Å². The number of aryl methyl sites for hydroxylation is 3. The summed E-state index contributed by atoms with van der Waals surface area (Å²) in [6.45, 7) is 5.83. The van der Waals surface area contributed by atoms with E-state index in [9.17, 15) is 13.2 Å². The van der Waals surface area contributed by atoms with Crippen LogP contribution in [-0.2, 0) is 27.7 Å². The van der Waals surface area contributed by atoms with Crippen LogP contribution in [0, 0.1) is 13.8 Å². The van der Waals surface area contributed by atoms with Crippen LogP contribution in [0.2, 0.25) is 0 Å². The standard InChI is InChI=1S/C15H18N2O3S2/c1-4-13-9-21-15(16-13)22(19,20)17-14(18)8-12-6-5-10(2)11(3)7-12/h5-7,9H,4,8H2,1-3H3,(H,17,18). The van der Waals surface area contributed by atoms with Crippen LogP contribution in [-0.4, -0.2) is 19.3 Å². The number of nitrogens with one attached hydrogen (secondary N) is 1. The Balaban J connectivity index is 2.08. The highest BCUT2D eigenvalue weighted by atomic mass is 32.2. The first-order valence-corrected chi connectivity index (χ1v) is 9.24. The number of hydrogen-bond acceptors (Lipinski definition) is 5. The maximum atomic E-state index is 12.1. The lowest BCUT2D eigenvalue weighted by Gasteiger charge is -2.06. The van der Waals surface area contributed by atoms with E-state index in [4.69, 9.17) is 0 Å². The van der Waals surface area contributed by atoms with E-state index in [2.05, 4.69) is 9.71 Å². The molecule has 0 saturated carbocycles. The molecule has 1 amide bonds. The molecule has 0 aliphatic heterocycles. The van der Waals surface area contributed by atoms with Gasteiger partial charge in [-0.25, -0.2) is 9.71 Å². The maximum Gasteiger partial charge on any atom is 0.291 e. The topological polar surface area (TPSA) is 76.1 Å². The van der Waals surface area contributed by atoms with Gasteiger partial charge in [-0.05, 0) is 37.0 Å². The van der Waals surface area contributed by atoms with E-state index in [1.807, 2.05) is 39.0 Å². The second-order valence-corrected chi connectivity index (χ2v) is 7.80. The Bertz CT molecular complexity index is 795. The van der Waals surface area contributed by atoms with Gasteiger partial charge in [-0.1, -0.05) is 25.1 Å². The molecule has 0 saturated heterocycles. The molecule has 0 bridgehead atoms. The Kier molecular flexibility index (Phi) is 4.97. The summed E-state index contributed by atoms with van der Waals surface area (Å²) in [7, 11) is -3.88. The van der Waals surface area contributed by atoms with Gasteiger partial charge in [0.1, 0.15) is 0 Å². The van der Waals surface area contributed by atoms with Crippen molar-refractivity contribution in [1.29, 1.82) is 0 Å². The third-order valence-electron chi connectivity index (χ3n) is 3.31. The minimum atomic E-state index is -3.88. The largest absolute Gasteiger partial charge is 0.291 e. The molecule has 118 valence electrons. The summed E-state index contributed by atoms with van der Waals surface area (Å²) >= 11 is 1.02. The van der Waals surface area contributed by atoms with Crippen molar-refractivity contribution >= 4 is 27.3 Å². The van der Waals surface area contributed by atoms with Gasteiger partial charge in [0.05, 0.1) is 12.1 Å². The van der Waals surface area contributed by atoms with Crippen molar-refractivity contribution in [3.05, 3.63) is 46.0 Å². The maximum absolute atomic E-state index is 12.1. The Morgan fingerprint density at radius 2 is 2.00 bits per heavy atom. The van der Waals surface area contributed by atoms with Crippen molar-refractivity contribution in [2.75, 3.05) is 0 Å². The lowest BCUT2D eigenvalue weighted by atomic mass is 10.0. The fourth-order valence-electron chi connectivity index (χ4n) is 1.90. The number of aromatic nitrogens is 1. The Hall–Kier alpha value is -1.73. The van der Waals surface area contributed by atoms with Gasteiger partial charge in [0.15, 0.2) is 0 Å². The molecule has 1 N–H and O–H groups in total. The van der Waals surface area contributed by atoms with Crippen molar-refractivity contribution in [3.63, 3.8) is 0 Å². The molecular formula is C15H18N2O3S2. The number of thiazole rings is 1. The van der Waals surface area contributed by atoms with Gasteiger partial charge in [-0.2, -0.15) is 8.42 Å². The average molecular weight is 338 g/mol. The quantitative estimate of drug-likeness (QED) is 0.908. The summed E-state index contributed by atoms with van der Waals surface area (Å²) in [4.78, 5) is 16.0. The third kappa shape index (κ3) is 3.92. The number of hydrogen-bond donors (Lipinski definition) is 1. The Morgan fingerprint density at radius 3 is 2.59 bits per heavy atom. The van der Waals surface area contributed by atoms with Gasteiger partial charge < -0.3 is 0 Å². The van der Waals surface area contributed by atoms with Gasteiger partial charge >= 0.3 is 0 Å².